The molecule has 0 saturated carbocycles. The van der Waals surface area contributed by atoms with Crippen molar-refractivity contribution in [1.82, 2.24) is 0 Å². The summed E-state index contributed by atoms with van der Waals surface area (Å²) in [5.74, 6) is -0.0948. The maximum atomic E-state index is 14.0. The van der Waals surface area contributed by atoms with Crippen LogP contribution < -0.4 is 10.2 Å². The highest BCUT2D eigenvalue weighted by molar-refractivity contribution is 8.00. The van der Waals surface area contributed by atoms with E-state index in [1.165, 1.54) is 17.8 Å². The van der Waals surface area contributed by atoms with Gasteiger partial charge >= 0.3 is 0 Å². The van der Waals surface area contributed by atoms with Crippen LogP contribution in [-0.2, 0) is 9.59 Å². The molecule has 1 atom stereocenters. The molecule has 1 N–H and O–H groups in total. The number of amides is 2. The molecule has 0 aromatic heterocycles. The fourth-order valence-corrected chi connectivity index (χ4v) is 4.31. The van der Waals surface area contributed by atoms with Gasteiger partial charge in [0.1, 0.15) is 11.2 Å². The molecule has 2 amide bonds. The van der Waals surface area contributed by atoms with Crippen molar-refractivity contribution < 1.29 is 14.0 Å². The number of rotatable bonds is 4. The first-order valence-corrected chi connectivity index (χ1v) is 10.3. The number of aryl methyl sites for hydroxylation is 1. The van der Waals surface area contributed by atoms with Crippen LogP contribution in [0.1, 0.15) is 43.7 Å². The number of hydrogen-bond donors (Lipinski definition) is 1. The zero-order valence-corrected chi connectivity index (χ0v) is 17.4. The number of benzene rings is 2. The average Bonchev–Trinajstić information content (AvgIpc) is 2.97. The van der Waals surface area contributed by atoms with E-state index in [-0.39, 0.29) is 28.4 Å². The van der Waals surface area contributed by atoms with Crippen molar-refractivity contribution >= 4 is 35.0 Å². The number of anilines is 2. The summed E-state index contributed by atoms with van der Waals surface area (Å²) in [6.07, 6.45) is 0.419. The van der Waals surface area contributed by atoms with Crippen LogP contribution in [0.5, 0.6) is 0 Å². The SMILES string of the molecule is Cc1ccc(N2C(=O)CSC2c2cccc(NC(=O)CC(C)(C)C)c2)cc1F. The topological polar surface area (TPSA) is 49.4 Å². The predicted molar refractivity (Wildman–Crippen MR) is 113 cm³/mol. The molecule has 148 valence electrons. The summed E-state index contributed by atoms with van der Waals surface area (Å²) < 4.78 is 14.0. The molecule has 28 heavy (non-hydrogen) atoms. The molecule has 1 unspecified atom stereocenters. The standard InChI is InChI=1S/C22H25FN2O2S/c1-14-8-9-17(11-18(14)23)25-20(27)13-28-21(25)15-6-5-7-16(10-15)24-19(26)12-22(2,3)4/h5-11,21H,12-13H2,1-4H3,(H,24,26). The van der Waals surface area contributed by atoms with Gasteiger partial charge in [-0.3, -0.25) is 14.5 Å². The van der Waals surface area contributed by atoms with Gasteiger partial charge in [-0.1, -0.05) is 39.0 Å². The highest BCUT2D eigenvalue weighted by Crippen LogP contribution is 2.42. The molecular weight excluding hydrogens is 375 g/mol. The fourth-order valence-electron chi connectivity index (χ4n) is 3.14. The minimum absolute atomic E-state index is 0.0442. The number of carbonyl (C=O) groups excluding carboxylic acids is 2. The molecule has 0 aliphatic carbocycles. The maximum absolute atomic E-state index is 14.0. The van der Waals surface area contributed by atoms with Crippen LogP contribution in [0.25, 0.3) is 0 Å². The van der Waals surface area contributed by atoms with E-state index in [0.29, 0.717) is 29.1 Å². The minimum atomic E-state index is -0.329. The Kier molecular flexibility index (Phi) is 5.79. The van der Waals surface area contributed by atoms with Crippen molar-refractivity contribution in [3.05, 3.63) is 59.4 Å². The summed E-state index contributed by atoms with van der Waals surface area (Å²) >= 11 is 1.50. The van der Waals surface area contributed by atoms with Gasteiger partial charge in [0.2, 0.25) is 11.8 Å². The first kappa shape index (κ1) is 20.4. The van der Waals surface area contributed by atoms with Gasteiger partial charge < -0.3 is 5.32 Å². The zero-order chi connectivity index (χ0) is 20.5. The van der Waals surface area contributed by atoms with Crippen molar-refractivity contribution in [3.8, 4) is 0 Å². The zero-order valence-electron chi connectivity index (χ0n) is 16.6. The minimum Gasteiger partial charge on any atom is -0.326 e. The molecule has 4 nitrogen and oxygen atoms in total. The lowest BCUT2D eigenvalue weighted by Gasteiger charge is -2.25. The van der Waals surface area contributed by atoms with Crippen LogP contribution in [0, 0.1) is 18.2 Å². The molecule has 1 saturated heterocycles. The second-order valence-corrected chi connectivity index (χ2v) is 9.34. The molecule has 1 heterocycles. The van der Waals surface area contributed by atoms with Gasteiger partial charge in [-0.05, 0) is 47.7 Å². The van der Waals surface area contributed by atoms with Crippen molar-refractivity contribution in [2.45, 2.75) is 39.5 Å². The summed E-state index contributed by atoms with van der Waals surface area (Å²) in [5, 5.41) is 2.68. The number of halogens is 1. The van der Waals surface area contributed by atoms with E-state index in [0.717, 1.165) is 5.56 Å². The van der Waals surface area contributed by atoms with E-state index in [9.17, 15) is 14.0 Å². The molecule has 1 fully saturated rings. The lowest BCUT2D eigenvalue weighted by atomic mass is 9.92. The molecular formula is C22H25FN2O2S. The Morgan fingerprint density at radius 1 is 1.25 bits per heavy atom. The first-order chi connectivity index (χ1) is 13.1. The highest BCUT2D eigenvalue weighted by Gasteiger charge is 2.34. The Labute approximate surface area is 169 Å². The molecule has 1 aliphatic heterocycles. The van der Waals surface area contributed by atoms with E-state index in [2.05, 4.69) is 5.32 Å². The average molecular weight is 401 g/mol. The molecule has 1 aliphatic rings. The van der Waals surface area contributed by atoms with Crippen molar-refractivity contribution in [3.63, 3.8) is 0 Å². The van der Waals surface area contributed by atoms with E-state index >= 15 is 0 Å². The Morgan fingerprint density at radius 2 is 2.00 bits per heavy atom. The summed E-state index contributed by atoms with van der Waals surface area (Å²) in [6, 6.07) is 12.4. The van der Waals surface area contributed by atoms with Crippen LogP contribution in [0.15, 0.2) is 42.5 Å². The molecule has 6 heteroatoms. The molecule has 3 rings (SSSR count). The van der Waals surface area contributed by atoms with Crippen molar-refractivity contribution in [2.75, 3.05) is 16.0 Å². The number of carbonyl (C=O) groups is 2. The second kappa shape index (κ2) is 7.95. The van der Waals surface area contributed by atoms with Gasteiger partial charge in [-0.25, -0.2) is 4.39 Å². The van der Waals surface area contributed by atoms with E-state index < -0.39 is 0 Å². The third kappa shape index (κ3) is 4.73. The lowest BCUT2D eigenvalue weighted by molar-refractivity contribution is -0.118. The third-order valence-electron chi connectivity index (χ3n) is 4.45. The van der Waals surface area contributed by atoms with Crippen LogP contribution in [0.4, 0.5) is 15.8 Å². The molecule has 0 radical (unpaired) electrons. The van der Waals surface area contributed by atoms with Crippen LogP contribution in [-0.4, -0.2) is 17.6 Å². The summed E-state index contributed by atoms with van der Waals surface area (Å²) in [7, 11) is 0. The van der Waals surface area contributed by atoms with Gasteiger partial charge in [-0.15, -0.1) is 11.8 Å². The van der Waals surface area contributed by atoms with Gasteiger partial charge in [-0.2, -0.15) is 0 Å². The van der Waals surface area contributed by atoms with E-state index in [1.54, 1.807) is 24.0 Å². The third-order valence-corrected chi connectivity index (χ3v) is 5.66. The Balaban J connectivity index is 1.84. The number of thioether (sulfide) groups is 1. The Bertz CT molecular complexity index is 908. The lowest BCUT2D eigenvalue weighted by Crippen LogP contribution is -2.28. The van der Waals surface area contributed by atoms with Gasteiger partial charge in [0.25, 0.3) is 0 Å². The van der Waals surface area contributed by atoms with Gasteiger partial charge in [0, 0.05) is 17.8 Å². The van der Waals surface area contributed by atoms with E-state index in [1.807, 2.05) is 45.0 Å². The summed E-state index contributed by atoms with van der Waals surface area (Å²) in [4.78, 5) is 26.4. The maximum Gasteiger partial charge on any atom is 0.238 e. The summed E-state index contributed by atoms with van der Waals surface area (Å²) in [5.41, 5.74) is 2.59. The molecule has 0 bridgehead atoms. The predicted octanol–water partition coefficient (Wildman–Crippen LogP) is 5.29. The largest absolute Gasteiger partial charge is 0.326 e. The monoisotopic (exact) mass is 400 g/mol. The second-order valence-electron chi connectivity index (χ2n) is 8.27. The first-order valence-electron chi connectivity index (χ1n) is 9.24. The molecule has 0 spiro atoms. The van der Waals surface area contributed by atoms with Gasteiger partial charge in [0.05, 0.1) is 5.75 Å². The smallest absolute Gasteiger partial charge is 0.238 e. The van der Waals surface area contributed by atoms with Crippen LogP contribution >= 0.6 is 11.8 Å². The molecule has 2 aromatic rings. The van der Waals surface area contributed by atoms with E-state index in [4.69, 9.17) is 0 Å². The van der Waals surface area contributed by atoms with Crippen LogP contribution in [0.3, 0.4) is 0 Å². The number of hydrogen-bond acceptors (Lipinski definition) is 3. The van der Waals surface area contributed by atoms with Crippen LogP contribution in [0.2, 0.25) is 0 Å². The highest BCUT2D eigenvalue weighted by atomic mass is 32.2. The number of nitrogens with one attached hydrogen (secondary N) is 1. The van der Waals surface area contributed by atoms with Gasteiger partial charge in [0.15, 0.2) is 0 Å². The Morgan fingerprint density at radius 3 is 2.68 bits per heavy atom. The van der Waals surface area contributed by atoms with Crippen molar-refractivity contribution in [2.24, 2.45) is 5.41 Å². The van der Waals surface area contributed by atoms with Crippen molar-refractivity contribution in [1.29, 1.82) is 0 Å². The Hall–Kier alpha value is -2.34. The quantitative estimate of drug-likeness (QED) is 0.759. The fraction of sp³-hybridized carbons (Fsp3) is 0.364. The summed E-state index contributed by atoms with van der Waals surface area (Å²) in [6.45, 7) is 7.74. The molecule has 2 aromatic carbocycles. The normalized spacial score (nSPS) is 17.1. The number of nitrogens with zero attached hydrogens (tertiary/aromatic N) is 1.